The Labute approximate surface area is 196 Å². The lowest BCUT2D eigenvalue weighted by Gasteiger charge is -2.40. The number of hydrogen-bond acceptors (Lipinski definition) is 4. The summed E-state index contributed by atoms with van der Waals surface area (Å²) in [5, 5.41) is 19.6. The third-order valence-corrected chi connectivity index (χ3v) is 6.55. The second kappa shape index (κ2) is 11.8. The van der Waals surface area contributed by atoms with E-state index in [1.165, 1.54) is 0 Å². The lowest BCUT2D eigenvalue weighted by Crippen LogP contribution is -2.55. The van der Waals surface area contributed by atoms with Crippen LogP contribution in [0.3, 0.4) is 0 Å². The summed E-state index contributed by atoms with van der Waals surface area (Å²) in [6.07, 6.45) is 5.15. The van der Waals surface area contributed by atoms with Gasteiger partial charge in [0.15, 0.2) is 0 Å². The summed E-state index contributed by atoms with van der Waals surface area (Å²) in [6, 6.07) is 6.53. The molecular formula is C25H38N4O4. The number of nitrogens with one attached hydrogen (secondary N) is 2. The second-order valence-corrected chi connectivity index (χ2v) is 9.58. The summed E-state index contributed by atoms with van der Waals surface area (Å²) in [6.45, 7) is 7.00. The van der Waals surface area contributed by atoms with Crippen LogP contribution in [0.2, 0.25) is 0 Å². The van der Waals surface area contributed by atoms with Crippen LogP contribution in [0.4, 0.5) is 0 Å². The van der Waals surface area contributed by atoms with Crippen molar-refractivity contribution in [2.75, 3.05) is 13.1 Å². The van der Waals surface area contributed by atoms with Crippen LogP contribution in [-0.2, 0) is 9.59 Å². The Balaban J connectivity index is 2.11. The number of amides is 2. The molecule has 2 rings (SSSR count). The standard InChI is InChI=1S/C25H38N4O4/c1-4-5-6-7-20(24(33)29-14-12-17(13-15-29)16-21(30)31)25(2,3)28-23(32)19-10-8-18(9-11-19)22(26)27/h8-11,17,20H,4-7,12-16H2,1-3H3,(H3,26,27)(H,28,32)(H,30,31). The minimum absolute atomic E-state index is 0.0251. The van der Waals surface area contributed by atoms with Gasteiger partial charge in [-0.2, -0.15) is 0 Å². The van der Waals surface area contributed by atoms with Crippen molar-refractivity contribution in [3.63, 3.8) is 0 Å². The summed E-state index contributed by atoms with van der Waals surface area (Å²) in [4.78, 5) is 39.3. The summed E-state index contributed by atoms with van der Waals surface area (Å²) in [5.74, 6) is -1.37. The van der Waals surface area contributed by atoms with Gasteiger partial charge in [-0.15, -0.1) is 0 Å². The van der Waals surface area contributed by atoms with Crippen LogP contribution in [0.1, 0.15) is 81.6 Å². The lowest BCUT2D eigenvalue weighted by molar-refractivity contribution is -0.140. The van der Waals surface area contributed by atoms with Crippen LogP contribution >= 0.6 is 0 Å². The molecule has 1 aromatic rings. The fourth-order valence-corrected chi connectivity index (χ4v) is 4.47. The predicted octanol–water partition coefficient (Wildman–Crippen LogP) is 3.39. The first kappa shape index (κ1) is 26.4. The van der Waals surface area contributed by atoms with Crippen molar-refractivity contribution in [1.29, 1.82) is 5.41 Å². The van der Waals surface area contributed by atoms with Crippen molar-refractivity contribution >= 4 is 23.6 Å². The highest BCUT2D eigenvalue weighted by molar-refractivity contribution is 5.98. The lowest BCUT2D eigenvalue weighted by atomic mass is 9.81. The number of nitrogen functional groups attached to an aromatic ring is 1. The molecular weight excluding hydrogens is 420 g/mol. The van der Waals surface area contributed by atoms with Gasteiger partial charge in [0.1, 0.15) is 5.84 Å². The molecule has 5 N–H and O–H groups in total. The molecule has 1 aliphatic heterocycles. The first-order chi connectivity index (χ1) is 15.5. The molecule has 1 aliphatic rings. The number of hydrogen-bond donors (Lipinski definition) is 4. The van der Waals surface area contributed by atoms with Gasteiger partial charge >= 0.3 is 5.97 Å². The van der Waals surface area contributed by atoms with Crippen LogP contribution in [0.15, 0.2) is 24.3 Å². The van der Waals surface area contributed by atoms with Crippen molar-refractivity contribution < 1.29 is 19.5 Å². The van der Waals surface area contributed by atoms with Crippen LogP contribution in [0, 0.1) is 17.2 Å². The van der Waals surface area contributed by atoms with Gasteiger partial charge in [-0.3, -0.25) is 19.8 Å². The molecule has 8 nitrogen and oxygen atoms in total. The number of carboxylic acids is 1. The molecule has 0 radical (unpaired) electrons. The SMILES string of the molecule is CCCCCC(C(=O)N1CCC(CC(=O)O)CC1)C(C)(C)NC(=O)c1ccc(C(=N)N)cc1. The van der Waals surface area contributed by atoms with Crippen molar-refractivity contribution in [3.8, 4) is 0 Å². The highest BCUT2D eigenvalue weighted by Crippen LogP contribution is 2.29. The third kappa shape index (κ3) is 7.58. The number of carboxylic acid groups (broad SMARTS) is 1. The number of piperidine rings is 1. The number of aliphatic carboxylic acids is 1. The van der Waals surface area contributed by atoms with Crippen LogP contribution in [-0.4, -0.2) is 52.3 Å². The highest BCUT2D eigenvalue weighted by Gasteiger charge is 2.39. The molecule has 0 aromatic heterocycles. The van der Waals surface area contributed by atoms with Gasteiger partial charge in [-0.25, -0.2) is 0 Å². The third-order valence-electron chi connectivity index (χ3n) is 6.55. The molecule has 0 spiro atoms. The molecule has 0 aliphatic carbocycles. The Bertz CT molecular complexity index is 842. The van der Waals surface area contributed by atoms with Crippen molar-refractivity contribution in [3.05, 3.63) is 35.4 Å². The highest BCUT2D eigenvalue weighted by atomic mass is 16.4. The number of nitrogens with two attached hydrogens (primary N) is 1. The van der Waals surface area contributed by atoms with Crippen molar-refractivity contribution in [2.45, 2.75) is 71.3 Å². The summed E-state index contributed by atoms with van der Waals surface area (Å²) >= 11 is 0. The Hall–Kier alpha value is -2.90. The Morgan fingerprint density at radius 2 is 1.73 bits per heavy atom. The van der Waals surface area contributed by atoms with E-state index < -0.39 is 11.5 Å². The van der Waals surface area contributed by atoms with Gasteiger partial charge in [-0.1, -0.05) is 38.3 Å². The molecule has 2 amide bonds. The van der Waals surface area contributed by atoms with Crippen LogP contribution in [0.5, 0.6) is 0 Å². The van der Waals surface area contributed by atoms with Crippen molar-refractivity contribution in [2.24, 2.45) is 17.6 Å². The zero-order valence-corrected chi connectivity index (χ0v) is 20.0. The molecule has 33 heavy (non-hydrogen) atoms. The van der Waals surface area contributed by atoms with E-state index in [0.29, 0.717) is 43.5 Å². The Morgan fingerprint density at radius 3 is 2.24 bits per heavy atom. The zero-order valence-electron chi connectivity index (χ0n) is 20.0. The van der Waals surface area contributed by atoms with E-state index in [-0.39, 0.29) is 35.9 Å². The summed E-state index contributed by atoms with van der Waals surface area (Å²) < 4.78 is 0. The maximum atomic E-state index is 13.5. The van der Waals surface area contributed by atoms with Gasteiger partial charge < -0.3 is 21.1 Å². The van der Waals surface area contributed by atoms with E-state index in [4.69, 9.17) is 16.2 Å². The minimum atomic E-state index is -0.794. The smallest absolute Gasteiger partial charge is 0.303 e. The largest absolute Gasteiger partial charge is 0.481 e. The van der Waals surface area contributed by atoms with E-state index in [1.807, 2.05) is 18.7 Å². The number of benzene rings is 1. The monoisotopic (exact) mass is 458 g/mol. The number of amidine groups is 1. The fourth-order valence-electron chi connectivity index (χ4n) is 4.47. The van der Waals surface area contributed by atoms with E-state index in [2.05, 4.69) is 12.2 Å². The van der Waals surface area contributed by atoms with Gasteiger partial charge in [0.25, 0.3) is 5.91 Å². The van der Waals surface area contributed by atoms with Crippen LogP contribution < -0.4 is 11.1 Å². The number of carbonyl (C=O) groups is 3. The molecule has 1 unspecified atom stereocenters. The first-order valence-corrected chi connectivity index (χ1v) is 11.8. The molecule has 8 heteroatoms. The maximum absolute atomic E-state index is 13.5. The van der Waals surface area contributed by atoms with E-state index in [1.54, 1.807) is 24.3 Å². The average Bonchev–Trinajstić information content (AvgIpc) is 2.76. The van der Waals surface area contributed by atoms with Gasteiger partial charge in [0.05, 0.1) is 5.92 Å². The number of rotatable bonds is 11. The molecule has 0 bridgehead atoms. The van der Waals surface area contributed by atoms with Gasteiger partial charge in [0, 0.05) is 36.2 Å². The molecule has 1 saturated heterocycles. The van der Waals surface area contributed by atoms with Gasteiger partial charge in [0.2, 0.25) is 5.91 Å². The Morgan fingerprint density at radius 1 is 1.15 bits per heavy atom. The van der Waals surface area contributed by atoms with E-state index in [0.717, 1.165) is 19.3 Å². The average molecular weight is 459 g/mol. The maximum Gasteiger partial charge on any atom is 0.303 e. The summed E-state index contributed by atoms with van der Waals surface area (Å²) in [5.41, 5.74) is 5.72. The molecule has 1 heterocycles. The molecule has 182 valence electrons. The number of carbonyl (C=O) groups excluding carboxylic acids is 2. The quantitative estimate of drug-likeness (QED) is 0.229. The van der Waals surface area contributed by atoms with Crippen molar-refractivity contribution in [1.82, 2.24) is 10.2 Å². The molecule has 1 aromatic carbocycles. The van der Waals surface area contributed by atoms with Crippen LogP contribution in [0.25, 0.3) is 0 Å². The summed E-state index contributed by atoms with van der Waals surface area (Å²) in [7, 11) is 0. The number of unbranched alkanes of at least 4 members (excludes halogenated alkanes) is 2. The normalized spacial score (nSPS) is 15.7. The Kier molecular flexibility index (Phi) is 9.44. The number of nitrogens with zero attached hydrogens (tertiary/aromatic N) is 1. The molecule has 1 atom stereocenters. The first-order valence-electron chi connectivity index (χ1n) is 11.8. The zero-order chi connectivity index (χ0) is 24.6. The second-order valence-electron chi connectivity index (χ2n) is 9.58. The minimum Gasteiger partial charge on any atom is -0.481 e. The van der Waals surface area contributed by atoms with E-state index in [9.17, 15) is 14.4 Å². The number of likely N-dealkylation sites (tertiary alicyclic amines) is 1. The topological polar surface area (TPSA) is 137 Å². The van der Waals surface area contributed by atoms with Gasteiger partial charge in [-0.05, 0) is 51.2 Å². The molecule has 0 saturated carbocycles. The van der Waals surface area contributed by atoms with E-state index >= 15 is 0 Å². The molecule has 1 fully saturated rings. The fraction of sp³-hybridized carbons (Fsp3) is 0.600. The predicted molar refractivity (Wildman–Crippen MR) is 128 cm³/mol.